The van der Waals surface area contributed by atoms with Crippen LogP contribution in [-0.4, -0.2) is 12.1 Å². The number of hydrogen-bond acceptors (Lipinski definition) is 3. The van der Waals surface area contributed by atoms with Gasteiger partial charge in [-0.05, 0) is 26.0 Å². The fraction of sp³-hybridized carbons (Fsp3) is 0.556. The summed E-state index contributed by atoms with van der Waals surface area (Å²) in [6, 6.07) is 3.78. The van der Waals surface area contributed by atoms with Gasteiger partial charge in [-0.1, -0.05) is 0 Å². The van der Waals surface area contributed by atoms with Gasteiger partial charge in [0, 0.05) is 5.54 Å². The molecule has 1 saturated heterocycles. The van der Waals surface area contributed by atoms with Gasteiger partial charge in [0.25, 0.3) is 0 Å². The molecule has 1 aromatic heterocycles. The van der Waals surface area contributed by atoms with Crippen molar-refractivity contribution in [2.75, 3.05) is 6.61 Å². The van der Waals surface area contributed by atoms with E-state index in [0.717, 1.165) is 12.4 Å². The van der Waals surface area contributed by atoms with Gasteiger partial charge in [0.15, 0.2) is 6.23 Å². The minimum Gasteiger partial charge on any atom is -0.465 e. The van der Waals surface area contributed by atoms with E-state index >= 15 is 0 Å². The van der Waals surface area contributed by atoms with E-state index in [-0.39, 0.29) is 24.2 Å². The Hall–Kier alpha value is -0.510. The fourth-order valence-electron chi connectivity index (χ4n) is 1.32. The maximum absolute atomic E-state index is 5.51. The Morgan fingerprint density at radius 3 is 2.77 bits per heavy atom. The fourth-order valence-corrected chi connectivity index (χ4v) is 1.32. The summed E-state index contributed by atoms with van der Waals surface area (Å²) >= 11 is 0. The van der Waals surface area contributed by atoms with Crippen LogP contribution in [0.15, 0.2) is 22.8 Å². The number of halogens is 1. The Labute approximate surface area is 83.9 Å². The van der Waals surface area contributed by atoms with Gasteiger partial charge in [-0.15, -0.1) is 12.4 Å². The normalized spacial score (nSPS) is 25.5. The van der Waals surface area contributed by atoms with Crippen molar-refractivity contribution in [3.8, 4) is 0 Å². The first kappa shape index (κ1) is 10.6. The Kier molecular flexibility index (Phi) is 3.01. The summed E-state index contributed by atoms with van der Waals surface area (Å²) < 4.78 is 10.7. The highest BCUT2D eigenvalue weighted by Crippen LogP contribution is 2.25. The zero-order valence-corrected chi connectivity index (χ0v) is 8.56. The van der Waals surface area contributed by atoms with Gasteiger partial charge < -0.3 is 9.15 Å². The molecule has 1 aliphatic rings. The number of rotatable bonds is 1. The van der Waals surface area contributed by atoms with E-state index in [1.807, 2.05) is 12.1 Å². The summed E-state index contributed by atoms with van der Waals surface area (Å²) in [5.41, 5.74) is 0.0530. The quantitative estimate of drug-likeness (QED) is 0.759. The van der Waals surface area contributed by atoms with Crippen molar-refractivity contribution in [2.24, 2.45) is 0 Å². The van der Waals surface area contributed by atoms with Crippen molar-refractivity contribution < 1.29 is 9.15 Å². The third-order valence-corrected chi connectivity index (χ3v) is 1.93. The number of furan rings is 1. The molecule has 1 fully saturated rings. The number of nitrogens with one attached hydrogen (secondary N) is 1. The third kappa shape index (κ3) is 2.24. The Morgan fingerprint density at radius 1 is 1.54 bits per heavy atom. The van der Waals surface area contributed by atoms with Crippen LogP contribution in [0.25, 0.3) is 0 Å². The third-order valence-electron chi connectivity index (χ3n) is 1.93. The van der Waals surface area contributed by atoms with Gasteiger partial charge in [0.05, 0.1) is 12.9 Å². The first-order valence-electron chi connectivity index (χ1n) is 4.10. The van der Waals surface area contributed by atoms with Crippen molar-refractivity contribution in [3.05, 3.63) is 24.2 Å². The van der Waals surface area contributed by atoms with E-state index < -0.39 is 0 Å². The van der Waals surface area contributed by atoms with Crippen LogP contribution in [0.3, 0.4) is 0 Å². The molecule has 1 N–H and O–H groups in total. The van der Waals surface area contributed by atoms with Gasteiger partial charge >= 0.3 is 0 Å². The second kappa shape index (κ2) is 3.70. The molecule has 1 unspecified atom stereocenters. The van der Waals surface area contributed by atoms with E-state index in [4.69, 9.17) is 9.15 Å². The predicted molar refractivity (Wildman–Crippen MR) is 51.9 cm³/mol. The average Bonchev–Trinajstić information content (AvgIpc) is 2.55. The largest absolute Gasteiger partial charge is 0.465 e. The van der Waals surface area contributed by atoms with Crippen molar-refractivity contribution >= 4 is 12.4 Å². The lowest BCUT2D eigenvalue weighted by Gasteiger charge is -2.15. The van der Waals surface area contributed by atoms with Crippen LogP contribution in [0.5, 0.6) is 0 Å². The number of ether oxygens (including phenoxy) is 1. The first-order valence-corrected chi connectivity index (χ1v) is 4.10. The molecule has 2 heterocycles. The van der Waals surface area contributed by atoms with Crippen LogP contribution in [-0.2, 0) is 4.74 Å². The molecule has 0 aliphatic carbocycles. The minimum atomic E-state index is -0.0741. The van der Waals surface area contributed by atoms with Crippen LogP contribution in [0.4, 0.5) is 0 Å². The summed E-state index contributed by atoms with van der Waals surface area (Å²) in [6.45, 7) is 4.93. The molecule has 0 amide bonds. The van der Waals surface area contributed by atoms with E-state index in [1.165, 1.54) is 0 Å². The lowest BCUT2D eigenvalue weighted by Crippen LogP contribution is -2.35. The molecule has 0 bridgehead atoms. The van der Waals surface area contributed by atoms with Crippen molar-refractivity contribution in [3.63, 3.8) is 0 Å². The van der Waals surface area contributed by atoms with Gasteiger partial charge in [0.1, 0.15) is 5.76 Å². The molecule has 1 aromatic rings. The molecule has 2 rings (SSSR count). The van der Waals surface area contributed by atoms with Crippen LogP contribution < -0.4 is 5.32 Å². The molecule has 74 valence electrons. The molecule has 1 atom stereocenters. The van der Waals surface area contributed by atoms with E-state index in [9.17, 15) is 0 Å². The zero-order chi connectivity index (χ0) is 8.60. The van der Waals surface area contributed by atoms with E-state index in [1.54, 1.807) is 6.26 Å². The molecule has 3 nitrogen and oxygen atoms in total. The van der Waals surface area contributed by atoms with Crippen molar-refractivity contribution in [1.29, 1.82) is 0 Å². The van der Waals surface area contributed by atoms with Crippen molar-refractivity contribution in [2.45, 2.75) is 25.6 Å². The van der Waals surface area contributed by atoms with Crippen molar-refractivity contribution in [1.82, 2.24) is 5.32 Å². The maximum Gasteiger partial charge on any atom is 0.167 e. The van der Waals surface area contributed by atoms with Gasteiger partial charge in [-0.25, -0.2) is 0 Å². The summed E-state index contributed by atoms with van der Waals surface area (Å²) in [5, 5.41) is 3.32. The Bertz CT molecular complexity index is 259. The zero-order valence-electron chi connectivity index (χ0n) is 7.74. The minimum absolute atomic E-state index is 0. The molecule has 4 heteroatoms. The average molecular weight is 204 g/mol. The second-order valence-electron chi connectivity index (χ2n) is 3.73. The summed E-state index contributed by atoms with van der Waals surface area (Å²) in [4.78, 5) is 0. The monoisotopic (exact) mass is 203 g/mol. The Morgan fingerprint density at radius 2 is 2.31 bits per heavy atom. The van der Waals surface area contributed by atoms with Crippen LogP contribution in [0.1, 0.15) is 25.8 Å². The molecular weight excluding hydrogens is 190 g/mol. The lowest BCUT2D eigenvalue weighted by atomic mass is 10.1. The maximum atomic E-state index is 5.51. The van der Waals surface area contributed by atoms with Gasteiger partial charge in [-0.2, -0.15) is 0 Å². The van der Waals surface area contributed by atoms with E-state index in [2.05, 4.69) is 19.2 Å². The van der Waals surface area contributed by atoms with Crippen LogP contribution >= 0.6 is 12.4 Å². The van der Waals surface area contributed by atoms with Gasteiger partial charge in [0.2, 0.25) is 0 Å². The highest BCUT2D eigenvalue weighted by molar-refractivity contribution is 5.85. The smallest absolute Gasteiger partial charge is 0.167 e. The molecular formula is C9H14ClNO2. The first-order chi connectivity index (χ1) is 5.67. The highest BCUT2D eigenvalue weighted by Gasteiger charge is 2.32. The van der Waals surface area contributed by atoms with E-state index in [0.29, 0.717) is 0 Å². The Balaban J connectivity index is 0.000000845. The summed E-state index contributed by atoms with van der Waals surface area (Å²) in [5.74, 6) is 0.848. The summed E-state index contributed by atoms with van der Waals surface area (Å²) in [6.07, 6.45) is 1.58. The highest BCUT2D eigenvalue weighted by atomic mass is 35.5. The van der Waals surface area contributed by atoms with Gasteiger partial charge in [-0.3, -0.25) is 5.32 Å². The second-order valence-corrected chi connectivity index (χ2v) is 3.73. The lowest BCUT2D eigenvalue weighted by molar-refractivity contribution is 0.0812. The molecule has 1 aliphatic heterocycles. The predicted octanol–water partition coefficient (Wildman–Crippen LogP) is 2.10. The summed E-state index contributed by atoms with van der Waals surface area (Å²) in [7, 11) is 0. The molecule has 0 spiro atoms. The van der Waals surface area contributed by atoms with Crippen LogP contribution in [0.2, 0.25) is 0 Å². The number of hydrogen-bond donors (Lipinski definition) is 1. The molecule has 0 radical (unpaired) electrons. The SMILES string of the molecule is CC1(C)COC(c2ccco2)N1.Cl. The molecule has 0 saturated carbocycles. The molecule has 13 heavy (non-hydrogen) atoms. The topological polar surface area (TPSA) is 34.4 Å². The molecule has 0 aromatic carbocycles. The van der Waals surface area contributed by atoms with Crippen LogP contribution in [0, 0.1) is 0 Å². The standard InChI is InChI=1S/C9H13NO2.ClH/c1-9(2)6-12-8(10-9)7-4-3-5-11-7;/h3-5,8,10H,6H2,1-2H3;1H.